The summed E-state index contributed by atoms with van der Waals surface area (Å²) < 4.78 is 31.2. The van der Waals surface area contributed by atoms with Crippen LogP contribution in [-0.4, -0.2) is 13.0 Å². The number of hydrogen-bond donors (Lipinski definition) is 0. The topological polar surface area (TPSA) is 51.4 Å². The van der Waals surface area contributed by atoms with Gasteiger partial charge < -0.3 is 4.57 Å². The number of sulfonamides is 1. The normalized spacial score (nSPS) is 12.3. The first-order valence-electron chi connectivity index (χ1n) is 7.73. The molecule has 25 heavy (non-hydrogen) atoms. The Morgan fingerprint density at radius 1 is 1.12 bits per heavy atom. The molecular weight excluding hydrogens is 352 g/mol. The number of thiazole rings is 1. The second kappa shape index (κ2) is 7.21. The number of rotatable bonds is 5. The van der Waals surface area contributed by atoms with Gasteiger partial charge in [0.05, 0.1) is 10.6 Å². The smallest absolute Gasteiger partial charge is 0.285 e. The third-order valence-corrected chi connectivity index (χ3v) is 5.96. The standard InChI is InChI=1S/C19H18N2O2S2/c1-3-13-21-18(16-7-5-4-6-8-16)14-24-19(21)20-25(22,23)17-11-9-15(2)10-12-17/h3-12,14H,1,13H2,2H3. The highest BCUT2D eigenvalue weighted by atomic mass is 32.2. The van der Waals surface area contributed by atoms with Crippen LogP contribution in [0.1, 0.15) is 5.56 Å². The Labute approximate surface area is 151 Å². The van der Waals surface area contributed by atoms with Crippen molar-refractivity contribution in [3.05, 3.63) is 83.0 Å². The summed E-state index contributed by atoms with van der Waals surface area (Å²) in [6, 6.07) is 16.5. The lowest BCUT2D eigenvalue weighted by Gasteiger charge is -2.06. The number of allylic oxidation sites excluding steroid dienone is 1. The van der Waals surface area contributed by atoms with E-state index in [9.17, 15) is 8.42 Å². The molecule has 0 spiro atoms. The van der Waals surface area contributed by atoms with E-state index in [-0.39, 0.29) is 4.90 Å². The van der Waals surface area contributed by atoms with Gasteiger partial charge in [-0.25, -0.2) is 0 Å². The van der Waals surface area contributed by atoms with Crippen molar-refractivity contribution in [2.45, 2.75) is 18.4 Å². The molecule has 0 fully saturated rings. The van der Waals surface area contributed by atoms with Gasteiger partial charge in [0.2, 0.25) is 4.80 Å². The molecule has 0 aliphatic heterocycles. The molecule has 128 valence electrons. The van der Waals surface area contributed by atoms with E-state index in [1.54, 1.807) is 30.3 Å². The lowest BCUT2D eigenvalue weighted by Crippen LogP contribution is -2.17. The molecule has 2 aromatic carbocycles. The van der Waals surface area contributed by atoms with Crippen LogP contribution in [0.3, 0.4) is 0 Å². The van der Waals surface area contributed by atoms with Crippen molar-refractivity contribution in [3.63, 3.8) is 0 Å². The summed E-state index contributed by atoms with van der Waals surface area (Å²) >= 11 is 1.30. The number of aryl methyl sites for hydroxylation is 1. The summed E-state index contributed by atoms with van der Waals surface area (Å²) in [5, 5.41) is 1.92. The van der Waals surface area contributed by atoms with E-state index in [4.69, 9.17) is 0 Å². The Morgan fingerprint density at radius 3 is 2.44 bits per heavy atom. The molecule has 6 heteroatoms. The van der Waals surface area contributed by atoms with Gasteiger partial charge in [-0.1, -0.05) is 54.1 Å². The highest BCUT2D eigenvalue weighted by Crippen LogP contribution is 2.20. The number of hydrogen-bond acceptors (Lipinski definition) is 3. The summed E-state index contributed by atoms with van der Waals surface area (Å²) in [4.78, 5) is 0.622. The van der Waals surface area contributed by atoms with Gasteiger partial charge in [-0.05, 0) is 24.6 Å². The van der Waals surface area contributed by atoms with Crippen LogP contribution in [0.5, 0.6) is 0 Å². The summed E-state index contributed by atoms with van der Waals surface area (Å²) in [7, 11) is -3.76. The summed E-state index contributed by atoms with van der Waals surface area (Å²) in [5.74, 6) is 0. The average Bonchev–Trinajstić information content (AvgIpc) is 2.98. The van der Waals surface area contributed by atoms with Crippen molar-refractivity contribution in [1.82, 2.24) is 4.57 Å². The van der Waals surface area contributed by atoms with Crippen molar-refractivity contribution >= 4 is 21.4 Å². The third kappa shape index (κ3) is 3.81. The van der Waals surface area contributed by atoms with Crippen LogP contribution >= 0.6 is 11.3 Å². The van der Waals surface area contributed by atoms with Crippen LogP contribution in [0.2, 0.25) is 0 Å². The van der Waals surface area contributed by atoms with Gasteiger partial charge in [0, 0.05) is 11.9 Å². The lowest BCUT2D eigenvalue weighted by atomic mass is 10.2. The zero-order chi connectivity index (χ0) is 17.9. The van der Waals surface area contributed by atoms with Crippen molar-refractivity contribution in [2.24, 2.45) is 4.40 Å². The predicted molar refractivity (Wildman–Crippen MR) is 102 cm³/mol. The van der Waals surface area contributed by atoms with E-state index in [0.29, 0.717) is 11.3 Å². The van der Waals surface area contributed by atoms with Crippen LogP contribution in [0.25, 0.3) is 11.3 Å². The van der Waals surface area contributed by atoms with Crippen LogP contribution in [0.15, 0.2) is 81.9 Å². The van der Waals surface area contributed by atoms with Crippen molar-refractivity contribution in [2.75, 3.05) is 0 Å². The molecular formula is C19H18N2O2S2. The van der Waals surface area contributed by atoms with E-state index in [2.05, 4.69) is 11.0 Å². The Kier molecular flexibility index (Phi) is 5.01. The van der Waals surface area contributed by atoms with Gasteiger partial charge in [-0.3, -0.25) is 0 Å². The molecule has 0 radical (unpaired) electrons. The van der Waals surface area contributed by atoms with Gasteiger partial charge in [-0.15, -0.1) is 22.3 Å². The Morgan fingerprint density at radius 2 is 1.80 bits per heavy atom. The maximum atomic E-state index is 12.6. The Bertz CT molecular complexity index is 1040. The second-order valence-electron chi connectivity index (χ2n) is 5.55. The zero-order valence-corrected chi connectivity index (χ0v) is 15.4. The minimum Gasteiger partial charge on any atom is -0.312 e. The minimum absolute atomic E-state index is 0.193. The highest BCUT2D eigenvalue weighted by molar-refractivity contribution is 7.90. The number of nitrogens with zero attached hydrogens (tertiary/aromatic N) is 2. The second-order valence-corrected chi connectivity index (χ2v) is 7.99. The molecule has 0 N–H and O–H groups in total. The molecule has 3 rings (SSSR count). The molecule has 1 heterocycles. The van der Waals surface area contributed by atoms with E-state index in [1.807, 2.05) is 47.2 Å². The first-order chi connectivity index (χ1) is 12.0. The molecule has 0 aliphatic carbocycles. The zero-order valence-electron chi connectivity index (χ0n) is 13.8. The molecule has 0 saturated carbocycles. The molecule has 1 aromatic heterocycles. The summed E-state index contributed by atoms with van der Waals surface area (Å²) in [5.41, 5.74) is 2.93. The molecule has 0 amide bonds. The summed E-state index contributed by atoms with van der Waals surface area (Å²) in [6.07, 6.45) is 1.73. The SMILES string of the molecule is C=CCn1c(-c2ccccc2)csc1=NS(=O)(=O)c1ccc(C)cc1. The molecule has 3 aromatic rings. The van der Waals surface area contributed by atoms with Crippen LogP contribution < -0.4 is 4.80 Å². The maximum Gasteiger partial charge on any atom is 0.285 e. The fraction of sp³-hybridized carbons (Fsp3) is 0.105. The largest absolute Gasteiger partial charge is 0.312 e. The van der Waals surface area contributed by atoms with Crippen LogP contribution in [0, 0.1) is 6.92 Å². The molecule has 0 saturated heterocycles. The van der Waals surface area contributed by atoms with E-state index >= 15 is 0 Å². The number of aromatic nitrogens is 1. The van der Waals surface area contributed by atoms with Crippen LogP contribution in [0.4, 0.5) is 0 Å². The van der Waals surface area contributed by atoms with Gasteiger partial charge in [0.25, 0.3) is 10.0 Å². The average molecular weight is 370 g/mol. The quantitative estimate of drug-likeness (QED) is 0.638. The Hall–Kier alpha value is -2.44. The van der Waals surface area contributed by atoms with Crippen molar-refractivity contribution < 1.29 is 8.42 Å². The fourth-order valence-corrected chi connectivity index (χ4v) is 4.55. The molecule has 0 atom stereocenters. The summed E-state index contributed by atoms with van der Waals surface area (Å²) in [6.45, 7) is 6.16. The van der Waals surface area contributed by atoms with Gasteiger partial charge in [0.1, 0.15) is 0 Å². The molecule has 4 nitrogen and oxygen atoms in total. The van der Waals surface area contributed by atoms with E-state index in [1.165, 1.54) is 11.3 Å². The lowest BCUT2D eigenvalue weighted by molar-refractivity contribution is 0.595. The number of benzene rings is 2. The van der Waals surface area contributed by atoms with Gasteiger partial charge >= 0.3 is 0 Å². The van der Waals surface area contributed by atoms with Gasteiger partial charge in [0.15, 0.2) is 0 Å². The Balaban J connectivity index is 2.13. The van der Waals surface area contributed by atoms with Gasteiger partial charge in [-0.2, -0.15) is 8.42 Å². The minimum atomic E-state index is -3.76. The predicted octanol–water partition coefficient (Wildman–Crippen LogP) is 4.00. The van der Waals surface area contributed by atoms with Crippen LogP contribution in [-0.2, 0) is 16.6 Å². The highest BCUT2D eigenvalue weighted by Gasteiger charge is 2.14. The van der Waals surface area contributed by atoms with Crippen molar-refractivity contribution in [3.8, 4) is 11.3 Å². The molecule has 0 bridgehead atoms. The third-order valence-electron chi connectivity index (χ3n) is 3.70. The molecule has 0 aliphatic rings. The maximum absolute atomic E-state index is 12.6. The monoisotopic (exact) mass is 370 g/mol. The first-order valence-corrected chi connectivity index (χ1v) is 10.1. The molecule has 0 unspecified atom stereocenters. The van der Waals surface area contributed by atoms with Crippen molar-refractivity contribution in [1.29, 1.82) is 0 Å². The van der Waals surface area contributed by atoms with E-state index in [0.717, 1.165) is 16.8 Å². The van der Waals surface area contributed by atoms with E-state index < -0.39 is 10.0 Å². The fourth-order valence-electron chi connectivity index (χ4n) is 2.41. The first kappa shape index (κ1) is 17.4.